The van der Waals surface area contributed by atoms with Crippen molar-refractivity contribution in [2.45, 2.75) is 25.7 Å². The normalized spacial score (nSPS) is 15.3. The van der Waals surface area contributed by atoms with E-state index in [0.717, 1.165) is 30.0 Å². The Hall–Kier alpha value is -2.30. The van der Waals surface area contributed by atoms with E-state index in [0.29, 0.717) is 5.46 Å². The molecule has 5 heteroatoms. The Labute approximate surface area is 130 Å². The van der Waals surface area contributed by atoms with Gasteiger partial charge in [-0.25, -0.2) is 9.97 Å². The summed E-state index contributed by atoms with van der Waals surface area (Å²) < 4.78 is 0. The minimum absolute atomic E-state index is 0.197. The zero-order chi connectivity index (χ0) is 15.1. The lowest BCUT2D eigenvalue weighted by atomic mass is 9.94. The smallest absolute Gasteiger partial charge is 0.177 e. The second-order valence-electron chi connectivity index (χ2n) is 5.93. The molecule has 2 N–H and O–H groups in total. The first-order valence-electron chi connectivity index (χ1n) is 7.68. The zero-order valence-electron chi connectivity index (χ0n) is 12.6. The minimum Gasteiger partial charge on any atom is -0.385 e. The van der Waals surface area contributed by atoms with Crippen LogP contribution in [0.4, 0.5) is 5.69 Å². The molecule has 2 radical (unpaired) electrons. The van der Waals surface area contributed by atoms with Crippen LogP contribution in [0.1, 0.15) is 36.2 Å². The van der Waals surface area contributed by atoms with Crippen LogP contribution >= 0.6 is 0 Å². The molecule has 3 heterocycles. The van der Waals surface area contributed by atoms with Crippen molar-refractivity contribution >= 4 is 30.2 Å². The van der Waals surface area contributed by atoms with E-state index >= 15 is 0 Å². The molecule has 0 amide bonds. The molecule has 4 rings (SSSR count). The SMILES string of the molecule is [B]c1cnc2nc(C(C)c3ccc4c(c3)CCCN4)[nH]c2c1. The highest BCUT2D eigenvalue weighted by Gasteiger charge is 2.16. The standard InChI is InChI=1S/C17H17BN4/c1-10(11-4-5-14-12(7-11)3-2-6-19-14)16-21-15-8-13(18)9-20-17(15)22-16/h4-5,7-10,19H,2-3,6H2,1H3,(H,20,21,22). The van der Waals surface area contributed by atoms with E-state index in [1.807, 2.05) is 6.07 Å². The number of aromatic amines is 1. The first kappa shape index (κ1) is 13.4. The minimum atomic E-state index is 0.197. The number of fused-ring (bicyclic) bond motifs is 2. The van der Waals surface area contributed by atoms with Crippen LogP contribution in [0.15, 0.2) is 30.5 Å². The van der Waals surface area contributed by atoms with Crippen LogP contribution in [0.25, 0.3) is 11.2 Å². The van der Waals surface area contributed by atoms with Gasteiger partial charge in [0.15, 0.2) is 5.65 Å². The third kappa shape index (κ3) is 2.26. The molecule has 1 aliphatic rings. The highest BCUT2D eigenvalue weighted by molar-refractivity contribution is 6.32. The van der Waals surface area contributed by atoms with Crippen molar-refractivity contribution in [3.05, 3.63) is 47.4 Å². The average Bonchev–Trinajstić information content (AvgIpc) is 2.96. The first-order chi connectivity index (χ1) is 10.7. The Kier molecular flexibility index (Phi) is 3.14. The summed E-state index contributed by atoms with van der Waals surface area (Å²) in [5.74, 6) is 1.12. The zero-order valence-corrected chi connectivity index (χ0v) is 12.6. The van der Waals surface area contributed by atoms with Crippen LogP contribution in [0.5, 0.6) is 0 Å². The predicted molar refractivity (Wildman–Crippen MR) is 90.0 cm³/mol. The number of rotatable bonds is 2. The molecule has 1 aromatic carbocycles. The monoisotopic (exact) mass is 288 g/mol. The molecule has 22 heavy (non-hydrogen) atoms. The molecular formula is C17H17BN4. The fourth-order valence-corrected chi connectivity index (χ4v) is 3.06. The molecule has 3 aromatic rings. The van der Waals surface area contributed by atoms with Crippen molar-refractivity contribution in [2.75, 3.05) is 11.9 Å². The number of nitrogens with one attached hydrogen (secondary N) is 2. The Morgan fingerprint density at radius 2 is 2.18 bits per heavy atom. The molecule has 2 aromatic heterocycles. The summed E-state index contributed by atoms with van der Waals surface area (Å²) in [6.07, 6.45) is 3.97. The van der Waals surface area contributed by atoms with E-state index in [1.165, 1.54) is 23.2 Å². The Bertz CT molecular complexity index is 840. The lowest BCUT2D eigenvalue weighted by molar-refractivity contribution is 0.811. The van der Waals surface area contributed by atoms with E-state index < -0.39 is 0 Å². The summed E-state index contributed by atoms with van der Waals surface area (Å²) in [7, 11) is 5.78. The van der Waals surface area contributed by atoms with Gasteiger partial charge in [0.05, 0.1) is 5.52 Å². The largest absolute Gasteiger partial charge is 0.385 e. The number of H-pyrrole nitrogens is 1. The van der Waals surface area contributed by atoms with Gasteiger partial charge in [0.25, 0.3) is 0 Å². The van der Waals surface area contributed by atoms with E-state index in [4.69, 9.17) is 7.85 Å². The quantitative estimate of drug-likeness (QED) is 0.711. The van der Waals surface area contributed by atoms with Gasteiger partial charge in [-0.1, -0.05) is 24.5 Å². The second kappa shape index (κ2) is 5.16. The molecule has 0 spiro atoms. The number of aromatic nitrogens is 3. The van der Waals surface area contributed by atoms with Crippen molar-refractivity contribution in [3.63, 3.8) is 0 Å². The van der Waals surface area contributed by atoms with Crippen molar-refractivity contribution in [1.82, 2.24) is 15.0 Å². The third-order valence-corrected chi connectivity index (χ3v) is 4.35. The number of nitrogens with zero attached hydrogens (tertiary/aromatic N) is 2. The van der Waals surface area contributed by atoms with E-state index in [2.05, 4.69) is 45.4 Å². The lowest BCUT2D eigenvalue weighted by Crippen LogP contribution is -2.12. The van der Waals surface area contributed by atoms with Gasteiger partial charge < -0.3 is 10.3 Å². The first-order valence-corrected chi connectivity index (χ1v) is 7.68. The van der Waals surface area contributed by atoms with Gasteiger partial charge >= 0.3 is 0 Å². The summed E-state index contributed by atoms with van der Waals surface area (Å²) >= 11 is 0. The van der Waals surface area contributed by atoms with E-state index in [9.17, 15) is 0 Å². The predicted octanol–water partition coefficient (Wildman–Crippen LogP) is 2.26. The second-order valence-corrected chi connectivity index (χ2v) is 5.93. The number of pyridine rings is 1. The van der Waals surface area contributed by atoms with Gasteiger partial charge in [0, 0.05) is 24.3 Å². The van der Waals surface area contributed by atoms with Crippen molar-refractivity contribution in [2.24, 2.45) is 0 Å². The van der Waals surface area contributed by atoms with E-state index in [1.54, 1.807) is 6.20 Å². The van der Waals surface area contributed by atoms with Gasteiger partial charge in [-0.05, 0) is 36.1 Å². The van der Waals surface area contributed by atoms with Gasteiger partial charge in [-0.2, -0.15) is 0 Å². The van der Waals surface area contributed by atoms with Crippen molar-refractivity contribution in [1.29, 1.82) is 0 Å². The highest BCUT2D eigenvalue weighted by atomic mass is 15.0. The molecule has 4 nitrogen and oxygen atoms in total. The lowest BCUT2D eigenvalue weighted by Gasteiger charge is -2.20. The number of aryl methyl sites for hydroxylation is 1. The molecule has 1 atom stereocenters. The highest BCUT2D eigenvalue weighted by Crippen LogP contribution is 2.29. The fraction of sp³-hybridized carbons (Fsp3) is 0.294. The number of hydrogen-bond donors (Lipinski definition) is 2. The number of benzene rings is 1. The third-order valence-electron chi connectivity index (χ3n) is 4.35. The van der Waals surface area contributed by atoms with Crippen LogP contribution in [0.2, 0.25) is 0 Å². The van der Waals surface area contributed by atoms with Crippen LogP contribution in [-0.4, -0.2) is 29.3 Å². The molecule has 1 unspecified atom stereocenters. The number of hydrogen-bond acceptors (Lipinski definition) is 3. The van der Waals surface area contributed by atoms with Crippen LogP contribution in [-0.2, 0) is 6.42 Å². The van der Waals surface area contributed by atoms with Gasteiger partial charge in [0.1, 0.15) is 13.7 Å². The maximum absolute atomic E-state index is 5.78. The fourth-order valence-electron chi connectivity index (χ4n) is 3.06. The molecule has 0 bridgehead atoms. The maximum Gasteiger partial charge on any atom is 0.177 e. The Morgan fingerprint density at radius 1 is 1.27 bits per heavy atom. The Balaban J connectivity index is 1.71. The van der Waals surface area contributed by atoms with E-state index in [-0.39, 0.29) is 5.92 Å². The molecule has 0 fully saturated rings. The van der Waals surface area contributed by atoms with Crippen LogP contribution < -0.4 is 10.8 Å². The van der Waals surface area contributed by atoms with Crippen LogP contribution in [0.3, 0.4) is 0 Å². The summed E-state index contributed by atoms with van der Waals surface area (Å²) in [6, 6.07) is 8.53. The molecule has 0 aliphatic carbocycles. The molecule has 1 aliphatic heterocycles. The summed E-state index contributed by atoms with van der Waals surface area (Å²) in [5, 5.41) is 3.45. The Morgan fingerprint density at radius 3 is 3.09 bits per heavy atom. The summed E-state index contributed by atoms with van der Waals surface area (Å²) in [6.45, 7) is 3.23. The molecular weight excluding hydrogens is 271 g/mol. The summed E-state index contributed by atoms with van der Waals surface area (Å²) in [5.41, 5.74) is 6.19. The van der Waals surface area contributed by atoms with Gasteiger partial charge in [-0.15, -0.1) is 0 Å². The topological polar surface area (TPSA) is 53.6 Å². The average molecular weight is 288 g/mol. The van der Waals surface area contributed by atoms with Gasteiger partial charge in [-0.3, -0.25) is 0 Å². The maximum atomic E-state index is 5.78. The number of imidazole rings is 1. The van der Waals surface area contributed by atoms with Crippen molar-refractivity contribution in [3.8, 4) is 0 Å². The van der Waals surface area contributed by atoms with Crippen LogP contribution in [0, 0.1) is 0 Å². The number of anilines is 1. The van der Waals surface area contributed by atoms with Crippen molar-refractivity contribution < 1.29 is 0 Å². The molecule has 108 valence electrons. The molecule has 0 saturated heterocycles. The summed E-state index contributed by atoms with van der Waals surface area (Å²) in [4.78, 5) is 12.2. The van der Waals surface area contributed by atoms with Gasteiger partial charge in [0.2, 0.25) is 0 Å². The molecule has 0 saturated carbocycles.